The number of hydrogen-bond acceptors (Lipinski definition) is 9. The number of unbranched alkanes of at least 4 members (excludes halogenated alkanes) is 9. The number of ether oxygens (including phenoxy) is 4. The molecule has 1 aliphatic rings. The average molecular weight is 733 g/mol. The summed E-state index contributed by atoms with van der Waals surface area (Å²) in [6, 6.07) is 0. The zero-order chi connectivity index (χ0) is 37.9. The second kappa shape index (κ2) is 34.4. The predicted octanol–water partition coefficient (Wildman–Crippen LogP) is 8.13. The summed E-state index contributed by atoms with van der Waals surface area (Å²) in [5.74, 6) is -0.339. The van der Waals surface area contributed by atoms with Crippen molar-refractivity contribution in [2.75, 3.05) is 26.4 Å². The van der Waals surface area contributed by atoms with Crippen LogP contribution in [0.15, 0.2) is 72.9 Å². The fourth-order valence-electron chi connectivity index (χ4n) is 5.49. The molecule has 1 fully saturated rings. The number of aliphatic hydroxyl groups is 4. The number of aliphatic hydroxyl groups excluding tert-OH is 4. The maximum absolute atomic E-state index is 12.5. The van der Waals surface area contributed by atoms with Crippen LogP contribution >= 0.6 is 0 Å². The normalized spacial score (nSPS) is 22.0. The van der Waals surface area contributed by atoms with Crippen LogP contribution in [0.2, 0.25) is 0 Å². The summed E-state index contributed by atoms with van der Waals surface area (Å²) in [6.45, 7) is 4.27. The maximum Gasteiger partial charge on any atom is 0.306 e. The quantitative estimate of drug-likeness (QED) is 0.0307. The molecule has 9 nitrogen and oxygen atoms in total. The number of allylic oxidation sites excluding steroid dienone is 12. The average Bonchev–Trinajstić information content (AvgIpc) is 3.14. The van der Waals surface area contributed by atoms with Gasteiger partial charge in [-0.05, 0) is 64.2 Å². The third-order valence-corrected chi connectivity index (χ3v) is 8.64. The molecule has 0 spiro atoms. The Kier molecular flexibility index (Phi) is 31.5. The highest BCUT2D eigenvalue weighted by Crippen LogP contribution is 2.22. The smallest absolute Gasteiger partial charge is 0.306 e. The van der Waals surface area contributed by atoms with Crippen molar-refractivity contribution in [3.63, 3.8) is 0 Å². The highest BCUT2D eigenvalue weighted by Gasteiger charge is 2.44. The Hall–Kier alpha value is -2.37. The van der Waals surface area contributed by atoms with Gasteiger partial charge in [0, 0.05) is 13.0 Å². The van der Waals surface area contributed by atoms with Crippen LogP contribution in [0, 0.1) is 0 Å². The Morgan fingerprint density at radius 1 is 0.635 bits per heavy atom. The Bertz CT molecular complexity index is 1020. The Morgan fingerprint density at radius 2 is 1.17 bits per heavy atom. The lowest BCUT2D eigenvalue weighted by molar-refractivity contribution is -0.305. The number of carbonyl (C=O) groups excluding carboxylic acids is 1. The van der Waals surface area contributed by atoms with Crippen LogP contribution in [-0.4, -0.2) is 89.6 Å². The van der Waals surface area contributed by atoms with Gasteiger partial charge in [-0.2, -0.15) is 0 Å². The minimum absolute atomic E-state index is 0.126. The molecule has 1 aliphatic heterocycles. The summed E-state index contributed by atoms with van der Waals surface area (Å²) in [6.07, 6.45) is 36.9. The molecule has 0 radical (unpaired) electrons. The van der Waals surface area contributed by atoms with Gasteiger partial charge in [0.25, 0.3) is 0 Å². The van der Waals surface area contributed by atoms with Crippen molar-refractivity contribution in [3.05, 3.63) is 72.9 Å². The lowest BCUT2D eigenvalue weighted by Crippen LogP contribution is -2.59. The van der Waals surface area contributed by atoms with Crippen LogP contribution in [0.3, 0.4) is 0 Å². The van der Waals surface area contributed by atoms with Gasteiger partial charge in [-0.25, -0.2) is 0 Å². The van der Waals surface area contributed by atoms with E-state index in [4.69, 9.17) is 18.9 Å². The van der Waals surface area contributed by atoms with Gasteiger partial charge in [-0.15, -0.1) is 0 Å². The van der Waals surface area contributed by atoms with Gasteiger partial charge in [0.2, 0.25) is 0 Å². The highest BCUT2D eigenvalue weighted by molar-refractivity contribution is 5.69. The zero-order valence-corrected chi connectivity index (χ0v) is 32.3. The van der Waals surface area contributed by atoms with Crippen LogP contribution in [0.25, 0.3) is 0 Å². The van der Waals surface area contributed by atoms with E-state index in [1.807, 2.05) is 0 Å². The second-order valence-corrected chi connectivity index (χ2v) is 13.4. The lowest BCUT2D eigenvalue weighted by atomic mass is 9.99. The van der Waals surface area contributed by atoms with Crippen LogP contribution < -0.4 is 0 Å². The van der Waals surface area contributed by atoms with E-state index < -0.39 is 43.4 Å². The Labute approximate surface area is 315 Å². The molecule has 0 bridgehead atoms. The standard InChI is InChI=1S/C43H72O9/c1-3-5-7-9-10-11-12-13-14-15-16-17-18-19-20-21-22-23-24-25-26-27-29-31-33-49-35-37(51-39(45)32-30-28-8-6-4-2)36-50-43-42(48)41(47)40(46)38(34-44)52-43/h5,7,10-11,13-14,16-17,19-20,22-23,37-38,40-44,46-48H,3-4,6,8-9,12,15,18,21,24-36H2,1-2H3/b7-5-,11-10-,14-13-,17-16-,20-19-,23-22-. The van der Waals surface area contributed by atoms with Crippen molar-refractivity contribution in [2.24, 2.45) is 0 Å². The number of carbonyl (C=O) groups is 1. The SMILES string of the molecule is CC/C=C\C/C=C\C/C=C\C/C=C\C/C=C\C/C=C\CCCCCCCOCC(COC1OC(CO)C(O)C(O)C1O)OC(=O)CCCCCCC. The lowest BCUT2D eigenvalue weighted by Gasteiger charge is -2.39. The van der Waals surface area contributed by atoms with Crippen LogP contribution in [0.4, 0.5) is 0 Å². The van der Waals surface area contributed by atoms with E-state index in [0.29, 0.717) is 13.0 Å². The molecule has 0 aromatic heterocycles. The Morgan fingerprint density at radius 3 is 1.77 bits per heavy atom. The summed E-state index contributed by atoms with van der Waals surface area (Å²) in [4.78, 5) is 12.5. The summed E-state index contributed by atoms with van der Waals surface area (Å²) in [5, 5.41) is 39.8. The fraction of sp³-hybridized carbons (Fsp3) is 0.698. The molecular weight excluding hydrogens is 660 g/mol. The van der Waals surface area contributed by atoms with Crippen molar-refractivity contribution in [1.82, 2.24) is 0 Å². The molecule has 1 heterocycles. The third kappa shape index (κ3) is 25.6. The molecule has 6 unspecified atom stereocenters. The van der Waals surface area contributed by atoms with Gasteiger partial charge in [-0.3, -0.25) is 4.79 Å². The van der Waals surface area contributed by atoms with E-state index in [1.54, 1.807) is 0 Å². The largest absolute Gasteiger partial charge is 0.457 e. The van der Waals surface area contributed by atoms with Crippen molar-refractivity contribution in [1.29, 1.82) is 0 Å². The molecule has 1 rings (SSSR count). The van der Waals surface area contributed by atoms with E-state index in [-0.39, 0.29) is 19.2 Å². The van der Waals surface area contributed by atoms with Crippen molar-refractivity contribution >= 4 is 5.97 Å². The third-order valence-electron chi connectivity index (χ3n) is 8.64. The maximum atomic E-state index is 12.5. The molecule has 0 amide bonds. The van der Waals surface area contributed by atoms with Crippen LogP contribution in [0.5, 0.6) is 0 Å². The monoisotopic (exact) mass is 733 g/mol. The van der Waals surface area contributed by atoms with Gasteiger partial charge in [-0.1, -0.05) is 132 Å². The fourth-order valence-corrected chi connectivity index (χ4v) is 5.49. The predicted molar refractivity (Wildman–Crippen MR) is 210 cm³/mol. The van der Waals surface area contributed by atoms with Gasteiger partial charge >= 0.3 is 5.97 Å². The molecular formula is C43H72O9. The molecule has 6 atom stereocenters. The molecule has 0 aromatic rings. The first-order valence-corrected chi connectivity index (χ1v) is 20.0. The van der Waals surface area contributed by atoms with Gasteiger partial charge in [0.15, 0.2) is 6.29 Å². The first-order valence-electron chi connectivity index (χ1n) is 20.0. The molecule has 4 N–H and O–H groups in total. The minimum atomic E-state index is -1.54. The minimum Gasteiger partial charge on any atom is -0.457 e. The summed E-state index contributed by atoms with van der Waals surface area (Å²) >= 11 is 0. The first-order chi connectivity index (χ1) is 25.4. The van der Waals surface area contributed by atoms with Gasteiger partial charge < -0.3 is 39.4 Å². The summed E-state index contributed by atoms with van der Waals surface area (Å²) < 4.78 is 22.5. The molecule has 1 saturated heterocycles. The zero-order valence-electron chi connectivity index (χ0n) is 32.3. The topological polar surface area (TPSA) is 135 Å². The number of esters is 1. The molecule has 9 heteroatoms. The summed E-state index contributed by atoms with van der Waals surface area (Å²) in [5.41, 5.74) is 0. The highest BCUT2D eigenvalue weighted by atomic mass is 16.7. The van der Waals surface area contributed by atoms with E-state index in [2.05, 4.69) is 86.8 Å². The van der Waals surface area contributed by atoms with Crippen molar-refractivity contribution < 1.29 is 44.2 Å². The molecule has 298 valence electrons. The van der Waals surface area contributed by atoms with Gasteiger partial charge in [0.1, 0.15) is 30.5 Å². The van der Waals surface area contributed by atoms with E-state index >= 15 is 0 Å². The summed E-state index contributed by atoms with van der Waals surface area (Å²) in [7, 11) is 0. The Balaban J connectivity index is 2.20. The van der Waals surface area contributed by atoms with E-state index in [9.17, 15) is 25.2 Å². The molecule has 0 aliphatic carbocycles. The number of rotatable bonds is 32. The van der Waals surface area contributed by atoms with Crippen LogP contribution in [-0.2, 0) is 23.7 Å². The molecule has 0 aromatic carbocycles. The van der Waals surface area contributed by atoms with Crippen molar-refractivity contribution in [2.45, 2.75) is 166 Å². The first kappa shape index (κ1) is 47.7. The molecule has 0 saturated carbocycles. The van der Waals surface area contributed by atoms with Gasteiger partial charge in [0.05, 0.1) is 19.8 Å². The number of hydrogen-bond donors (Lipinski definition) is 4. The second-order valence-electron chi connectivity index (χ2n) is 13.4. The van der Waals surface area contributed by atoms with E-state index in [0.717, 1.165) is 109 Å². The van der Waals surface area contributed by atoms with E-state index in [1.165, 1.54) is 0 Å². The van der Waals surface area contributed by atoms with Crippen LogP contribution in [0.1, 0.15) is 129 Å². The van der Waals surface area contributed by atoms with Crippen molar-refractivity contribution in [3.8, 4) is 0 Å². The molecule has 52 heavy (non-hydrogen) atoms.